The van der Waals surface area contributed by atoms with Gasteiger partial charge in [-0.2, -0.15) is 17.6 Å². The van der Waals surface area contributed by atoms with Gasteiger partial charge in [-0.3, -0.25) is 9.69 Å². The average molecular weight is 315 g/mol. The number of fused-ring (bicyclic) bond motifs is 1. The van der Waals surface area contributed by atoms with E-state index in [-0.39, 0.29) is 11.7 Å². The number of oxazole rings is 1. The minimum Gasteiger partial charge on any atom is -0.423 e. The van der Waals surface area contributed by atoms with Gasteiger partial charge < -0.3 is 9.73 Å². The SMILES string of the molecule is CN(c1ncc(NC(=O)CS)cn1)c1nc2ccccc2o1. The monoisotopic (exact) mass is 315 g/mol. The third-order valence-corrected chi connectivity index (χ3v) is 3.22. The standard InChI is InChI=1S/C14H13N5O2S/c1-19(14-18-10-4-2-3-5-11(10)21-14)13-15-6-9(7-16-13)17-12(20)8-22/h2-7,22H,8H2,1H3,(H,17,20). The molecule has 0 aliphatic rings. The smallest absolute Gasteiger partial charge is 0.305 e. The van der Waals surface area contributed by atoms with Crippen molar-refractivity contribution in [1.29, 1.82) is 0 Å². The number of benzene rings is 1. The molecule has 1 N–H and O–H groups in total. The second-order valence-corrected chi connectivity index (χ2v) is 4.82. The van der Waals surface area contributed by atoms with Gasteiger partial charge >= 0.3 is 6.01 Å². The van der Waals surface area contributed by atoms with Crippen LogP contribution in [0.25, 0.3) is 11.1 Å². The van der Waals surface area contributed by atoms with E-state index < -0.39 is 0 Å². The van der Waals surface area contributed by atoms with Gasteiger partial charge in [0, 0.05) is 7.05 Å². The Labute approximate surface area is 131 Å². The largest absolute Gasteiger partial charge is 0.423 e. The van der Waals surface area contributed by atoms with E-state index >= 15 is 0 Å². The Morgan fingerprint density at radius 2 is 2.05 bits per heavy atom. The molecule has 0 aliphatic heterocycles. The highest BCUT2D eigenvalue weighted by atomic mass is 32.1. The molecule has 0 spiro atoms. The van der Waals surface area contributed by atoms with Gasteiger partial charge in [-0.15, -0.1) is 0 Å². The van der Waals surface area contributed by atoms with Crippen LogP contribution in [0.5, 0.6) is 0 Å². The molecule has 0 saturated heterocycles. The fraction of sp³-hybridized carbons (Fsp3) is 0.143. The lowest BCUT2D eigenvalue weighted by Gasteiger charge is -2.12. The summed E-state index contributed by atoms with van der Waals surface area (Å²) in [6.07, 6.45) is 3.03. The Kier molecular flexibility index (Phi) is 3.92. The highest BCUT2D eigenvalue weighted by Crippen LogP contribution is 2.24. The van der Waals surface area contributed by atoms with Crippen molar-refractivity contribution in [3.63, 3.8) is 0 Å². The predicted octanol–water partition coefficient (Wildman–Crippen LogP) is 2.25. The molecule has 0 unspecified atom stereocenters. The Hall–Kier alpha value is -2.61. The molecule has 1 aromatic carbocycles. The van der Waals surface area contributed by atoms with Gasteiger partial charge in [0.25, 0.3) is 0 Å². The highest BCUT2D eigenvalue weighted by molar-refractivity contribution is 7.81. The quantitative estimate of drug-likeness (QED) is 0.718. The summed E-state index contributed by atoms with van der Waals surface area (Å²) in [6.45, 7) is 0. The molecule has 8 heteroatoms. The van der Waals surface area contributed by atoms with Crippen LogP contribution in [0.3, 0.4) is 0 Å². The fourth-order valence-corrected chi connectivity index (χ4v) is 1.93. The van der Waals surface area contributed by atoms with Crippen molar-refractivity contribution in [1.82, 2.24) is 15.0 Å². The first-order valence-electron chi connectivity index (χ1n) is 6.49. The van der Waals surface area contributed by atoms with E-state index in [1.807, 2.05) is 24.3 Å². The number of aromatic nitrogens is 3. The number of nitrogens with one attached hydrogen (secondary N) is 1. The second kappa shape index (κ2) is 6.02. The van der Waals surface area contributed by atoms with Crippen molar-refractivity contribution in [2.24, 2.45) is 0 Å². The molecule has 112 valence electrons. The molecular weight excluding hydrogens is 302 g/mol. The Balaban J connectivity index is 1.82. The number of carbonyl (C=O) groups is 1. The van der Waals surface area contributed by atoms with Gasteiger partial charge in [-0.05, 0) is 12.1 Å². The molecule has 0 fully saturated rings. The number of hydrogen-bond donors (Lipinski definition) is 2. The van der Waals surface area contributed by atoms with Crippen LogP contribution in [0.2, 0.25) is 0 Å². The zero-order chi connectivity index (χ0) is 15.5. The summed E-state index contributed by atoms with van der Waals surface area (Å²) in [4.78, 5) is 25.6. The molecule has 0 bridgehead atoms. The Morgan fingerprint density at radius 1 is 1.32 bits per heavy atom. The van der Waals surface area contributed by atoms with Gasteiger partial charge in [0.2, 0.25) is 11.9 Å². The minimum absolute atomic E-state index is 0.102. The first-order valence-corrected chi connectivity index (χ1v) is 7.12. The average Bonchev–Trinajstić information content (AvgIpc) is 2.98. The summed E-state index contributed by atoms with van der Waals surface area (Å²) in [5.74, 6) is 0.298. The third-order valence-electron chi connectivity index (χ3n) is 2.94. The van der Waals surface area contributed by atoms with Crippen LogP contribution >= 0.6 is 12.6 Å². The molecule has 2 heterocycles. The minimum atomic E-state index is -0.216. The molecule has 0 saturated carbocycles. The van der Waals surface area contributed by atoms with Crippen molar-refractivity contribution in [3.8, 4) is 0 Å². The zero-order valence-corrected chi connectivity index (χ0v) is 12.6. The van der Waals surface area contributed by atoms with E-state index in [9.17, 15) is 4.79 Å². The van der Waals surface area contributed by atoms with Crippen LogP contribution in [-0.2, 0) is 4.79 Å². The fourth-order valence-electron chi connectivity index (χ4n) is 1.85. The number of thiol groups is 1. The summed E-state index contributed by atoms with van der Waals surface area (Å²) < 4.78 is 5.65. The van der Waals surface area contributed by atoms with E-state index in [0.29, 0.717) is 23.2 Å². The normalized spacial score (nSPS) is 10.6. The summed E-state index contributed by atoms with van der Waals surface area (Å²) in [6, 6.07) is 7.88. The zero-order valence-electron chi connectivity index (χ0n) is 11.7. The molecule has 2 aromatic heterocycles. The van der Waals surface area contributed by atoms with Crippen LogP contribution in [-0.4, -0.2) is 33.7 Å². The molecule has 0 radical (unpaired) electrons. The van der Waals surface area contributed by atoms with Gasteiger partial charge in [0.05, 0.1) is 23.8 Å². The third kappa shape index (κ3) is 2.86. The Morgan fingerprint density at radius 3 is 2.73 bits per heavy atom. The first-order chi connectivity index (χ1) is 10.7. The van der Waals surface area contributed by atoms with Crippen LogP contribution in [0.15, 0.2) is 41.1 Å². The maximum Gasteiger partial charge on any atom is 0.305 e. The van der Waals surface area contributed by atoms with Gasteiger partial charge in [-0.1, -0.05) is 12.1 Å². The van der Waals surface area contributed by atoms with E-state index in [0.717, 1.165) is 5.52 Å². The van der Waals surface area contributed by atoms with Crippen molar-refractivity contribution in [2.45, 2.75) is 0 Å². The lowest BCUT2D eigenvalue weighted by atomic mass is 10.3. The van der Waals surface area contributed by atoms with Crippen LogP contribution < -0.4 is 10.2 Å². The molecule has 0 atom stereocenters. The number of carbonyl (C=O) groups excluding carboxylic acids is 1. The highest BCUT2D eigenvalue weighted by Gasteiger charge is 2.14. The van der Waals surface area contributed by atoms with Crippen molar-refractivity contribution in [2.75, 3.05) is 23.0 Å². The van der Waals surface area contributed by atoms with Crippen LogP contribution in [0.4, 0.5) is 17.7 Å². The molecule has 0 aliphatic carbocycles. The summed E-state index contributed by atoms with van der Waals surface area (Å²) >= 11 is 3.89. The van der Waals surface area contributed by atoms with E-state index in [1.54, 1.807) is 11.9 Å². The summed E-state index contributed by atoms with van der Waals surface area (Å²) in [7, 11) is 1.76. The summed E-state index contributed by atoms with van der Waals surface area (Å²) in [5, 5.41) is 2.62. The van der Waals surface area contributed by atoms with Crippen LogP contribution in [0, 0.1) is 0 Å². The molecule has 3 rings (SSSR count). The van der Waals surface area contributed by atoms with Gasteiger partial charge in [0.1, 0.15) is 5.52 Å². The number of amides is 1. The van der Waals surface area contributed by atoms with E-state index in [2.05, 4.69) is 32.9 Å². The summed E-state index contributed by atoms with van der Waals surface area (Å²) in [5.41, 5.74) is 1.97. The molecule has 7 nitrogen and oxygen atoms in total. The maximum absolute atomic E-state index is 11.2. The Bertz CT molecular complexity index is 769. The van der Waals surface area contributed by atoms with Crippen LogP contribution in [0.1, 0.15) is 0 Å². The second-order valence-electron chi connectivity index (χ2n) is 4.50. The molecular formula is C14H13N5O2S. The van der Waals surface area contributed by atoms with Crippen molar-refractivity contribution in [3.05, 3.63) is 36.7 Å². The first kappa shape index (κ1) is 14.3. The van der Waals surface area contributed by atoms with E-state index in [4.69, 9.17) is 4.42 Å². The number of anilines is 3. The molecule has 1 amide bonds. The predicted molar refractivity (Wildman–Crippen MR) is 86.6 cm³/mol. The van der Waals surface area contributed by atoms with Gasteiger partial charge in [0.15, 0.2) is 5.58 Å². The number of nitrogens with zero attached hydrogens (tertiary/aromatic N) is 4. The lowest BCUT2D eigenvalue weighted by molar-refractivity contribution is -0.113. The topological polar surface area (TPSA) is 84.2 Å². The lowest BCUT2D eigenvalue weighted by Crippen LogP contribution is -2.15. The maximum atomic E-state index is 11.2. The molecule has 22 heavy (non-hydrogen) atoms. The van der Waals surface area contributed by atoms with Crippen molar-refractivity contribution >= 4 is 47.3 Å². The van der Waals surface area contributed by atoms with E-state index in [1.165, 1.54) is 12.4 Å². The number of para-hydroxylation sites is 2. The molecule has 3 aromatic rings. The number of hydrogen-bond acceptors (Lipinski definition) is 7. The van der Waals surface area contributed by atoms with Crippen molar-refractivity contribution < 1.29 is 9.21 Å². The number of rotatable bonds is 4. The van der Waals surface area contributed by atoms with Gasteiger partial charge in [-0.25, -0.2) is 9.97 Å².